The number of hydrogen-bond acceptors (Lipinski definition) is 3. The Bertz CT molecular complexity index is 351. The summed E-state index contributed by atoms with van der Waals surface area (Å²) in [5.41, 5.74) is 7.24. The fraction of sp³-hybridized carbons (Fsp3) is 0.462. The minimum atomic E-state index is -0.0125. The van der Waals surface area contributed by atoms with Gasteiger partial charge in [-0.25, -0.2) is 0 Å². The Morgan fingerprint density at radius 3 is 2.59 bits per heavy atom. The zero-order valence-corrected chi connectivity index (χ0v) is 11.2. The monoisotopic (exact) mass is 252 g/mol. The van der Waals surface area contributed by atoms with Gasteiger partial charge < -0.3 is 11.1 Å². The summed E-state index contributed by atoms with van der Waals surface area (Å²) in [4.78, 5) is 11.8. The number of hydrogen-bond donors (Lipinski definition) is 2. The number of carbonyl (C=O) groups excluding carboxylic acids is 1. The summed E-state index contributed by atoms with van der Waals surface area (Å²) in [6.45, 7) is 3.36. The summed E-state index contributed by atoms with van der Waals surface area (Å²) < 4.78 is 0. The normalized spacial score (nSPS) is 12.2. The van der Waals surface area contributed by atoms with Gasteiger partial charge in [0, 0.05) is 18.7 Å². The first-order valence-corrected chi connectivity index (χ1v) is 7.13. The van der Waals surface area contributed by atoms with Crippen LogP contribution in [0.25, 0.3) is 0 Å². The smallest absolute Gasteiger partial charge is 0.251 e. The van der Waals surface area contributed by atoms with Gasteiger partial charge in [-0.15, -0.1) is 0 Å². The Morgan fingerprint density at radius 2 is 2.06 bits per heavy atom. The number of carbonyl (C=O) groups is 1. The van der Waals surface area contributed by atoms with Crippen LogP contribution in [0.1, 0.15) is 22.8 Å². The maximum atomic E-state index is 11.8. The molecule has 1 aromatic carbocycles. The second-order valence-corrected chi connectivity index (χ2v) is 5.08. The van der Waals surface area contributed by atoms with E-state index in [1.54, 1.807) is 11.8 Å². The van der Waals surface area contributed by atoms with Crippen LogP contribution < -0.4 is 11.1 Å². The lowest BCUT2D eigenvalue weighted by atomic mass is 10.1. The van der Waals surface area contributed by atoms with E-state index in [-0.39, 0.29) is 5.91 Å². The van der Waals surface area contributed by atoms with Crippen molar-refractivity contribution in [1.29, 1.82) is 0 Å². The van der Waals surface area contributed by atoms with Crippen LogP contribution in [0, 0.1) is 5.92 Å². The predicted octanol–water partition coefficient (Wildman–Crippen LogP) is 1.87. The largest absolute Gasteiger partial charge is 0.352 e. The van der Waals surface area contributed by atoms with E-state index in [4.69, 9.17) is 5.73 Å². The third kappa shape index (κ3) is 4.79. The number of thioether (sulfide) groups is 1. The topological polar surface area (TPSA) is 55.1 Å². The van der Waals surface area contributed by atoms with E-state index in [1.165, 1.54) is 0 Å². The fourth-order valence-electron chi connectivity index (χ4n) is 1.50. The Kier molecular flexibility index (Phi) is 6.08. The summed E-state index contributed by atoms with van der Waals surface area (Å²) in [5, 5.41) is 2.94. The van der Waals surface area contributed by atoms with Gasteiger partial charge in [0.05, 0.1) is 0 Å². The third-order valence-electron chi connectivity index (χ3n) is 2.51. The molecule has 3 N–H and O–H groups in total. The SMILES string of the molecule is CSCC(C)CNC(=O)c1ccc(CN)cc1. The average molecular weight is 252 g/mol. The molecule has 1 aromatic rings. The molecule has 1 amide bonds. The Balaban J connectivity index is 2.46. The van der Waals surface area contributed by atoms with Gasteiger partial charge >= 0.3 is 0 Å². The highest BCUT2D eigenvalue weighted by Crippen LogP contribution is 2.05. The average Bonchev–Trinajstić information content (AvgIpc) is 2.36. The molecule has 0 spiro atoms. The first-order chi connectivity index (χ1) is 8.17. The number of amides is 1. The zero-order chi connectivity index (χ0) is 12.7. The van der Waals surface area contributed by atoms with Crippen LogP contribution in [-0.4, -0.2) is 24.5 Å². The van der Waals surface area contributed by atoms with Crippen LogP contribution in [0.2, 0.25) is 0 Å². The van der Waals surface area contributed by atoms with Gasteiger partial charge in [-0.2, -0.15) is 11.8 Å². The first-order valence-electron chi connectivity index (χ1n) is 5.73. The number of nitrogens with two attached hydrogens (primary N) is 1. The molecule has 17 heavy (non-hydrogen) atoms. The molecule has 94 valence electrons. The van der Waals surface area contributed by atoms with Gasteiger partial charge in [0.1, 0.15) is 0 Å². The molecular formula is C13H20N2OS. The minimum absolute atomic E-state index is 0.0125. The highest BCUT2D eigenvalue weighted by molar-refractivity contribution is 7.98. The number of nitrogens with one attached hydrogen (secondary N) is 1. The molecule has 1 unspecified atom stereocenters. The van der Waals surface area contributed by atoms with Crippen molar-refractivity contribution in [2.45, 2.75) is 13.5 Å². The third-order valence-corrected chi connectivity index (χ3v) is 3.42. The molecule has 0 fully saturated rings. The van der Waals surface area contributed by atoms with Gasteiger partial charge in [0.25, 0.3) is 5.91 Å². The summed E-state index contributed by atoms with van der Waals surface area (Å²) >= 11 is 1.80. The van der Waals surface area contributed by atoms with E-state index >= 15 is 0 Å². The van der Waals surface area contributed by atoms with Gasteiger partial charge in [-0.1, -0.05) is 19.1 Å². The molecule has 1 rings (SSSR count). The Hall–Kier alpha value is -1.00. The van der Waals surface area contributed by atoms with Crippen molar-refractivity contribution in [2.75, 3.05) is 18.6 Å². The molecule has 0 radical (unpaired) electrons. The van der Waals surface area contributed by atoms with Crippen molar-refractivity contribution in [1.82, 2.24) is 5.32 Å². The van der Waals surface area contributed by atoms with Crippen LogP contribution in [0.4, 0.5) is 0 Å². The quantitative estimate of drug-likeness (QED) is 0.812. The van der Waals surface area contributed by atoms with Gasteiger partial charge in [-0.3, -0.25) is 4.79 Å². The first kappa shape index (κ1) is 14.1. The van der Waals surface area contributed by atoms with Crippen LogP contribution in [0.15, 0.2) is 24.3 Å². The molecule has 0 aliphatic rings. The van der Waals surface area contributed by atoms with E-state index in [9.17, 15) is 4.79 Å². The van der Waals surface area contributed by atoms with E-state index in [0.29, 0.717) is 18.0 Å². The summed E-state index contributed by atoms with van der Waals surface area (Å²) in [7, 11) is 0. The second-order valence-electron chi connectivity index (χ2n) is 4.17. The van der Waals surface area contributed by atoms with Crippen LogP contribution in [0.3, 0.4) is 0 Å². The Morgan fingerprint density at radius 1 is 1.41 bits per heavy atom. The van der Waals surface area contributed by atoms with Gasteiger partial charge in [0.15, 0.2) is 0 Å². The van der Waals surface area contributed by atoms with Crippen LogP contribution >= 0.6 is 11.8 Å². The molecule has 0 aliphatic heterocycles. The molecule has 0 aliphatic carbocycles. The predicted molar refractivity (Wildman–Crippen MR) is 74.2 cm³/mol. The molecule has 4 heteroatoms. The molecule has 3 nitrogen and oxygen atoms in total. The van der Waals surface area contributed by atoms with Crippen molar-refractivity contribution in [2.24, 2.45) is 11.7 Å². The van der Waals surface area contributed by atoms with E-state index in [0.717, 1.165) is 17.9 Å². The minimum Gasteiger partial charge on any atom is -0.352 e. The maximum absolute atomic E-state index is 11.8. The summed E-state index contributed by atoms with van der Waals surface area (Å²) in [5.74, 6) is 1.55. The number of benzene rings is 1. The van der Waals surface area contributed by atoms with Crippen molar-refractivity contribution in [3.05, 3.63) is 35.4 Å². The van der Waals surface area contributed by atoms with Gasteiger partial charge in [-0.05, 0) is 35.6 Å². The van der Waals surface area contributed by atoms with E-state index in [1.807, 2.05) is 24.3 Å². The van der Waals surface area contributed by atoms with Crippen LogP contribution in [-0.2, 0) is 6.54 Å². The highest BCUT2D eigenvalue weighted by atomic mass is 32.2. The molecule has 0 saturated carbocycles. The molecule has 0 bridgehead atoms. The van der Waals surface area contributed by atoms with E-state index < -0.39 is 0 Å². The highest BCUT2D eigenvalue weighted by Gasteiger charge is 2.07. The standard InChI is InChI=1S/C13H20N2OS/c1-10(9-17-2)8-15-13(16)12-5-3-11(7-14)4-6-12/h3-6,10H,7-9,14H2,1-2H3,(H,15,16). The lowest BCUT2D eigenvalue weighted by Gasteiger charge is -2.11. The van der Waals surface area contributed by atoms with E-state index in [2.05, 4.69) is 18.5 Å². The van der Waals surface area contributed by atoms with Crippen molar-refractivity contribution >= 4 is 17.7 Å². The lowest BCUT2D eigenvalue weighted by Crippen LogP contribution is -2.29. The molecule has 0 heterocycles. The van der Waals surface area contributed by atoms with Crippen molar-refractivity contribution in [3.63, 3.8) is 0 Å². The lowest BCUT2D eigenvalue weighted by molar-refractivity contribution is 0.0949. The van der Waals surface area contributed by atoms with Crippen molar-refractivity contribution < 1.29 is 4.79 Å². The fourth-order valence-corrected chi connectivity index (χ4v) is 2.19. The van der Waals surface area contributed by atoms with Crippen LogP contribution in [0.5, 0.6) is 0 Å². The zero-order valence-electron chi connectivity index (χ0n) is 10.4. The molecular weight excluding hydrogens is 232 g/mol. The molecule has 1 atom stereocenters. The second kappa shape index (κ2) is 7.35. The Labute approximate surface area is 107 Å². The number of rotatable bonds is 6. The van der Waals surface area contributed by atoms with Crippen molar-refractivity contribution in [3.8, 4) is 0 Å². The summed E-state index contributed by atoms with van der Waals surface area (Å²) in [6, 6.07) is 7.41. The van der Waals surface area contributed by atoms with Gasteiger partial charge in [0.2, 0.25) is 0 Å². The summed E-state index contributed by atoms with van der Waals surface area (Å²) in [6.07, 6.45) is 2.07. The maximum Gasteiger partial charge on any atom is 0.251 e. The molecule has 0 aromatic heterocycles. The molecule has 0 saturated heterocycles.